The number of nitrogens with one attached hydrogen (secondary N) is 1. The van der Waals surface area contributed by atoms with Crippen molar-refractivity contribution < 1.29 is 0 Å². The van der Waals surface area contributed by atoms with Gasteiger partial charge in [0.15, 0.2) is 0 Å². The van der Waals surface area contributed by atoms with Gasteiger partial charge in [0.1, 0.15) is 0 Å². The van der Waals surface area contributed by atoms with E-state index < -0.39 is 0 Å². The van der Waals surface area contributed by atoms with E-state index in [0.29, 0.717) is 0 Å². The summed E-state index contributed by atoms with van der Waals surface area (Å²) in [5, 5.41) is 3.19. The van der Waals surface area contributed by atoms with Crippen molar-refractivity contribution in [2.24, 2.45) is 0 Å². The molecule has 2 rings (SSSR count). The van der Waals surface area contributed by atoms with E-state index in [1.54, 1.807) is 0 Å². The summed E-state index contributed by atoms with van der Waals surface area (Å²) < 4.78 is 1.20. The summed E-state index contributed by atoms with van der Waals surface area (Å²) in [7, 11) is 0. The van der Waals surface area contributed by atoms with Crippen molar-refractivity contribution in [2.45, 2.75) is 19.3 Å². The minimum absolute atomic E-state index is 0.959. The SMILES string of the molecule is BrC1=CNCC=C1N1CCCCC1. The summed E-state index contributed by atoms with van der Waals surface area (Å²) in [5.41, 5.74) is 1.37. The van der Waals surface area contributed by atoms with Crippen LogP contribution in [0.2, 0.25) is 0 Å². The number of hydrogen-bond acceptors (Lipinski definition) is 2. The lowest BCUT2D eigenvalue weighted by Gasteiger charge is -2.32. The molecule has 0 unspecified atom stereocenters. The Balaban J connectivity index is 2.05. The van der Waals surface area contributed by atoms with Crippen molar-refractivity contribution >= 4 is 15.9 Å². The average Bonchev–Trinajstić information content (AvgIpc) is 2.20. The fourth-order valence-electron chi connectivity index (χ4n) is 1.89. The molecule has 0 radical (unpaired) electrons. The summed E-state index contributed by atoms with van der Waals surface area (Å²) >= 11 is 3.58. The van der Waals surface area contributed by atoms with Gasteiger partial charge in [0.05, 0.1) is 10.2 Å². The van der Waals surface area contributed by atoms with Gasteiger partial charge >= 0.3 is 0 Å². The molecule has 0 aliphatic carbocycles. The molecule has 2 heterocycles. The normalized spacial score (nSPS) is 23.3. The second-order valence-corrected chi connectivity index (χ2v) is 4.39. The first-order chi connectivity index (χ1) is 6.38. The van der Waals surface area contributed by atoms with E-state index in [2.05, 4.69) is 32.2 Å². The van der Waals surface area contributed by atoms with Gasteiger partial charge in [-0.15, -0.1) is 0 Å². The molecule has 2 nitrogen and oxygen atoms in total. The van der Waals surface area contributed by atoms with Crippen LogP contribution in [0.3, 0.4) is 0 Å². The monoisotopic (exact) mass is 242 g/mol. The van der Waals surface area contributed by atoms with Crippen molar-refractivity contribution in [1.29, 1.82) is 0 Å². The molecule has 0 spiro atoms. The molecule has 0 atom stereocenters. The Kier molecular flexibility index (Phi) is 2.94. The molecule has 0 aromatic carbocycles. The van der Waals surface area contributed by atoms with Gasteiger partial charge in [-0.05, 0) is 41.3 Å². The predicted molar refractivity (Wildman–Crippen MR) is 58.5 cm³/mol. The molecule has 13 heavy (non-hydrogen) atoms. The van der Waals surface area contributed by atoms with Crippen LogP contribution in [0.4, 0.5) is 0 Å². The number of nitrogens with zero attached hydrogens (tertiary/aromatic N) is 1. The molecule has 1 fully saturated rings. The largest absolute Gasteiger partial charge is 0.386 e. The third kappa shape index (κ3) is 2.08. The van der Waals surface area contributed by atoms with E-state index >= 15 is 0 Å². The summed E-state index contributed by atoms with van der Waals surface area (Å²) in [6.07, 6.45) is 8.37. The van der Waals surface area contributed by atoms with Gasteiger partial charge in [-0.3, -0.25) is 0 Å². The van der Waals surface area contributed by atoms with E-state index in [1.807, 2.05) is 6.20 Å². The van der Waals surface area contributed by atoms with Gasteiger partial charge in [0.2, 0.25) is 0 Å². The highest BCUT2D eigenvalue weighted by Gasteiger charge is 2.16. The summed E-state index contributed by atoms with van der Waals surface area (Å²) in [6.45, 7) is 3.39. The van der Waals surface area contributed by atoms with Crippen molar-refractivity contribution in [3.63, 3.8) is 0 Å². The molecular formula is C10H15BrN2. The average molecular weight is 243 g/mol. The maximum absolute atomic E-state index is 3.58. The topological polar surface area (TPSA) is 15.3 Å². The number of allylic oxidation sites excluding steroid dienone is 1. The smallest absolute Gasteiger partial charge is 0.0563 e. The maximum atomic E-state index is 3.58. The Morgan fingerprint density at radius 1 is 1.23 bits per heavy atom. The first kappa shape index (κ1) is 9.13. The minimum atomic E-state index is 0.959. The highest BCUT2D eigenvalue weighted by Crippen LogP contribution is 2.25. The molecule has 1 N–H and O–H groups in total. The first-order valence-corrected chi connectivity index (χ1v) is 5.72. The molecule has 72 valence electrons. The Hall–Kier alpha value is -0.440. The third-order valence-electron chi connectivity index (χ3n) is 2.58. The Morgan fingerprint density at radius 3 is 2.69 bits per heavy atom. The third-order valence-corrected chi connectivity index (χ3v) is 3.22. The van der Waals surface area contributed by atoms with Gasteiger partial charge in [-0.25, -0.2) is 0 Å². The molecule has 0 aromatic rings. The van der Waals surface area contributed by atoms with Crippen LogP contribution in [0.25, 0.3) is 0 Å². The number of dihydropyridines is 1. The molecule has 0 bridgehead atoms. The zero-order valence-corrected chi connectivity index (χ0v) is 9.31. The summed E-state index contributed by atoms with van der Waals surface area (Å²) in [5.74, 6) is 0. The molecule has 1 saturated heterocycles. The van der Waals surface area contributed by atoms with E-state index in [1.165, 1.54) is 42.5 Å². The second-order valence-electron chi connectivity index (χ2n) is 3.54. The van der Waals surface area contributed by atoms with Crippen molar-refractivity contribution in [2.75, 3.05) is 19.6 Å². The molecule has 0 amide bonds. The van der Waals surface area contributed by atoms with Gasteiger partial charge in [0, 0.05) is 25.8 Å². The van der Waals surface area contributed by atoms with Crippen molar-refractivity contribution in [3.8, 4) is 0 Å². The number of rotatable bonds is 1. The molecule has 0 saturated carbocycles. The summed E-state index contributed by atoms with van der Waals surface area (Å²) in [4.78, 5) is 2.48. The molecule has 2 aliphatic heterocycles. The standard InChI is InChI=1S/C10H15BrN2/c11-9-8-12-5-4-10(9)13-6-2-1-3-7-13/h4,8,12H,1-3,5-7H2. The van der Waals surface area contributed by atoms with E-state index in [9.17, 15) is 0 Å². The first-order valence-electron chi connectivity index (χ1n) is 4.92. The van der Waals surface area contributed by atoms with Crippen LogP contribution in [-0.4, -0.2) is 24.5 Å². The zero-order chi connectivity index (χ0) is 9.10. The van der Waals surface area contributed by atoms with Crippen molar-refractivity contribution in [1.82, 2.24) is 10.2 Å². The molecule has 3 heteroatoms. The lowest BCUT2D eigenvalue weighted by Crippen LogP contribution is -2.31. The fraction of sp³-hybridized carbons (Fsp3) is 0.600. The Labute approximate surface area is 87.8 Å². The van der Waals surface area contributed by atoms with Crippen LogP contribution in [0.1, 0.15) is 19.3 Å². The lowest BCUT2D eigenvalue weighted by molar-refractivity contribution is 0.291. The molecular weight excluding hydrogens is 228 g/mol. The highest BCUT2D eigenvalue weighted by atomic mass is 79.9. The van der Waals surface area contributed by atoms with Crippen LogP contribution in [-0.2, 0) is 0 Å². The van der Waals surface area contributed by atoms with E-state index in [4.69, 9.17) is 0 Å². The highest BCUT2D eigenvalue weighted by molar-refractivity contribution is 9.11. The molecule has 2 aliphatic rings. The maximum Gasteiger partial charge on any atom is 0.0563 e. The summed E-state index contributed by atoms with van der Waals surface area (Å²) in [6, 6.07) is 0. The van der Waals surface area contributed by atoms with Gasteiger partial charge in [0.25, 0.3) is 0 Å². The fourth-order valence-corrected chi connectivity index (χ4v) is 2.47. The van der Waals surface area contributed by atoms with E-state index in [0.717, 1.165) is 6.54 Å². The Bertz CT molecular complexity index is 239. The van der Waals surface area contributed by atoms with Gasteiger partial charge in [-0.2, -0.15) is 0 Å². The number of halogens is 1. The molecule has 0 aromatic heterocycles. The van der Waals surface area contributed by atoms with Crippen LogP contribution in [0, 0.1) is 0 Å². The number of piperidine rings is 1. The predicted octanol–water partition coefficient (Wildman–Crippen LogP) is 2.20. The van der Waals surface area contributed by atoms with E-state index in [-0.39, 0.29) is 0 Å². The zero-order valence-electron chi connectivity index (χ0n) is 7.72. The van der Waals surface area contributed by atoms with Crippen LogP contribution < -0.4 is 5.32 Å². The quantitative estimate of drug-likeness (QED) is 0.759. The second kappa shape index (κ2) is 4.18. The van der Waals surface area contributed by atoms with Crippen LogP contribution >= 0.6 is 15.9 Å². The van der Waals surface area contributed by atoms with Crippen molar-refractivity contribution in [3.05, 3.63) is 22.5 Å². The van der Waals surface area contributed by atoms with Crippen LogP contribution in [0.15, 0.2) is 22.5 Å². The van der Waals surface area contributed by atoms with Gasteiger partial charge < -0.3 is 10.2 Å². The number of likely N-dealkylation sites (tertiary alicyclic amines) is 1. The number of hydrogen-bond donors (Lipinski definition) is 1. The van der Waals surface area contributed by atoms with Crippen LogP contribution in [0.5, 0.6) is 0 Å². The lowest BCUT2D eigenvalue weighted by atomic mass is 10.1. The minimum Gasteiger partial charge on any atom is -0.386 e. The Morgan fingerprint density at radius 2 is 2.00 bits per heavy atom. The van der Waals surface area contributed by atoms with Gasteiger partial charge in [-0.1, -0.05) is 0 Å².